The number of anilines is 3. The molecule has 1 aromatic heterocycles. The number of hydrogen-bond donors (Lipinski definition) is 2. The van der Waals surface area contributed by atoms with E-state index in [1.807, 2.05) is 49.4 Å². The molecule has 3 heterocycles. The third-order valence-corrected chi connectivity index (χ3v) is 7.44. The Balaban J connectivity index is 1.29. The minimum atomic E-state index is -0.653. The second-order valence-electron chi connectivity index (χ2n) is 9.97. The van der Waals surface area contributed by atoms with Crippen LogP contribution in [0.15, 0.2) is 54.6 Å². The molecule has 0 atom stereocenters. The number of piperidine rings is 1. The Morgan fingerprint density at radius 2 is 1.66 bits per heavy atom. The molecule has 2 fully saturated rings. The lowest BCUT2D eigenvalue weighted by Gasteiger charge is -2.42. The highest BCUT2D eigenvalue weighted by atomic mass is 16.5. The van der Waals surface area contributed by atoms with E-state index in [1.165, 1.54) is 31.6 Å². The Bertz CT molecular complexity index is 1220. The van der Waals surface area contributed by atoms with Crippen LogP contribution in [0.1, 0.15) is 30.3 Å². The second kappa shape index (κ2) is 11.8. The van der Waals surface area contributed by atoms with Crippen molar-refractivity contribution >= 4 is 23.1 Å². The number of carbonyl (C=O) groups excluding carboxylic acids is 1. The summed E-state index contributed by atoms with van der Waals surface area (Å²) in [7, 11) is 2.21. The molecule has 0 unspecified atom stereocenters. The van der Waals surface area contributed by atoms with Gasteiger partial charge >= 0.3 is 0 Å². The third kappa shape index (κ3) is 5.89. The van der Waals surface area contributed by atoms with Gasteiger partial charge in [-0.15, -0.1) is 0 Å². The van der Waals surface area contributed by atoms with E-state index in [0.717, 1.165) is 37.4 Å². The van der Waals surface area contributed by atoms with Crippen LogP contribution in [0.2, 0.25) is 0 Å². The van der Waals surface area contributed by atoms with Crippen molar-refractivity contribution in [2.75, 3.05) is 63.1 Å². The predicted molar refractivity (Wildman–Crippen MR) is 151 cm³/mol. The number of nitrogens with two attached hydrogens (primary N) is 1. The van der Waals surface area contributed by atoms with Crippen molar-refractivity contribution in [3.63, 3.8) is 0 Å². The van der Waals surface area contributed by atoms with E-state index >= 15 is 0 Å². The Kier molecular flexibility index (Phi) is 8.05. The fourth-order valence-corrected chi connectivity index (χ4v) is 5.27. The van der Waals surface area contributed by atoms with Crippen LogP contribution in [-0.2, 0) is 0 Å². The first-order valence-electron chi connectivity index (χ1n) is 13.5. The lowest BCUT2D eigenvalue weighted by Crippen LogP contribution is -2.52. The number of nitrogens with one attached hydrogen (secondary N) is 1. The largest absolute Gasteiger partial charge is 0.476 e. The molecule has 2 aliphatic heterocycles. The SMILES string of the molecule is CCOc1nc(Nc2ccc(N3CCC(N4CCN(C)CC4)CC3)cc2)c(C(N)=O)nc1-c1ccccc1. The number of aromatic nitrogens is 2. The van der Waals surface area contributed by atoms with Gasteiger partial charge in [-0.05, 0) is 51.1 Å². The lowest BCUT2D eigenvalue weighted by atomic mass is 10.0. The minimum Gasteiger partial charge on any atom is -0.476 e. The van der Waals surface area contributed by atoms with E-state index in [1.54, 1.807) is 0 Å². The van der Waals surface area contributed by atoms with E-state index in [9.17, 15) is 4.79 Å². The molecule has 3 aromatic rings. The normalized spacial score (nSPS) is 17.4. The third-order valence-electron chi connectivity index (χ3n) is 7.44. The van der Waals surface area contributed by atoms with Gasteiger partial charge in [0.05, 0.1) is 6.61 Å². The van der Waals surface area contributed by atoms with Crippen molar-refractivity contribution in [3.05, 3.63) is 60.3 Å². The monoisotopic (exact) mass is 515 g/mol. The number of likely N-dealkylation sites (N-methyl/N-ethyl adjacent to an activating group) is 1. The van der Waals surface area contributed by atoms with Gasteiger partial charge < -0.3 is 25.6 Å². The Morgan fingerprint density at radius 3 is 2.29 bits per heavy atom. The maximum absolute atomic E-state index is 12.3. The van der Waals surface area contributed by atoms with Crippen molar-refractivity contribution < 1.29 is 9.53 Å². The zero-order chi connectivity index (χ0) is 26.5. The first kappa shape index (κ1) is 25.9. The molecule has 38 heavy (non-hydrogen) atoms. The molecule has 2 saturated heterocycles. The van der Waals surface area contributed by atoms with Crippen LogP contribution in [0.4, 0.5) is 17.2 Å². The summed E-state index contributed by atoms with van der Waals surface area (Å²) in [6, 6.07) is 18.4. The summed E-state index contributed by atoms with van der Waals surface area (Å²) in [5.74, 6) is -0.0208. The topological polar surface area (TPSA) is 99.9 Å². The van der Waals surface area contributed by atoms with E-state index < -0.39 is 5.91 Å². The fourth-order valence-electron chi connectivity index (χ4n) is 5.27. The van der Waals surface area contributed by atoms with Gasteiger partial charge in [0.25, 0.3) is 5.91 Å². The van der Waals surface area contributed by atoms with Crippen LogP contribution in [0, 0.1) is 0 Å². The molecule has 0 spiro atoms. The number of nitrogens with zero attached hydrogens (tertiary/aromatic N) is 5. The molecule has 0 bridgehead atoms. The van der Waals surface area contributed by atoms with Crippen molar-refractivity contribution in [2.45, 2.75) is 25.8 Å². The first-order valence-corrected chi connectivity index (χ1v) is 13.5. The summed E-state index contributed by atoms with van der Waals surface area (Å²) in [6.07, 6.45) is 2.38. The minimum absolute atomic E-state index is 0.0716. The first-order chi connectivity index (χ1) is 18.5. The second-order valence-corrected chi connectivity index (χ2v) is 9.97. The number of carbonyl (C=O) groups is 1. The maximum atomic E-state index is 12.3. The van der Waals surface area contributed by atoms with E-state index in [4.69, 9.17) is 10.5 Å². The number of hydrogen-bond acceptors (Lipinski definition) is 8. The van der Waals surface area contributed by atoms with Gasteiger partial charge in [-0.25, -0.2) is 4.98 Å². The van der Waals surface area contributed by atoms with Gasteiger partial charge in [0.2, 0.25) is 5.88 Å². The summed E-state index contributed by atoms with van der Waals surface area (Å²) in [6.45, 7) is 9.10. The summed E-state index contributed by atoms with van der Waals surface area (Å²) in [5.41, 5.74) is 9.06. The van der Waals surface area contributed by atoms with Gasteiger partial charge in [-0.2, -0.15) is 4.98 Å². The average Bonchev–Trinajstić information content (AvgIpc) is 2.95. The molecule has 1 amide bonds. The lowest BCUT2D eigenvalue weighted by molar-refractivity contribution is 0.0982. The number of ether oxygens (including phenoxy) is 1. The number of benzene rings is 2. The smallest absolute Gasteiger partial charge is 0.271 e. The molecule has 2 aromatic carbocycles. The van der Waals surface area contributed by atoms with Crippen LogP contribution in [0.3, 0.4) is 0 Å². The number of piperazine rings is 1. The standard InChI is InChI=1S/C29H37N7O2/c1-3-38-29-25(21-7-5-4-6-8-21)32-26(27(30)37)28(33-29)31-22-9-11-23(12-10-22)35-15-13-24(14-16-35)36-19-17-34(2)18-20-36/h4-12,24H,3,13-20H2,1-2H3,(H2,30,37)(H,31,33). The van der Waals surface area contributed by atoms with Crippen molar-refractivity contribution in [3.8, 4) is 17.1 Å². The predicted octanol–water partition coefficient (Wildman–Crippen LogP) is 3.60. The van der Waals surface area contributed by atoms with Gasteiger partial charge in [0, 0.05) is 62.2 Å². The van der Waals surface area contributed by atoms with Crippen LogP contribution in [-0.4, -0.2) is 84.6 Å². The highest BCUT2D eigenvalue weighted by Gasteiger charge is 2.27. The maximum Gasteiger partial charge on any atom is 0.271 e. The average molecular weight is 516 g/mol. The number of amides is 1. The molecular weight excluding hydrogens is 478 g/mol. The molecule has 0 radical (unpaired) electrons. The van der Waals surface area contributed by atoms with Crippen molar-refractivity contribution in [2.24, 2.45) is 5.73 Å². The Labute approximate surface area is 224 Å². The number of rotatable bonds is 8. The Morgan fingerprint density at radius 1 is 0.974 bits per heavy atom. The molecule has 0 saturated carbocycles. The van der Waals surface area contributed by atoms with Crippen molar-refractivity contribution in [1.29, 1.82) is 0 Å². The highest BCUT2D eigenvalue weighted by Crippen LogP contribution is 2.31. The van der Waals surface area contributed by atoms with Gasteiger partial charge in [-0.3, -0.25) is 9.69 Å². The molecule has 0 aliphatic carbocycles. The van der Waals surface area contributed by atoms with Crippen LogP contribution in [0.5, 0.6) is 5.88 Å². The molecule has 3 N–H and O–H groups in total. The summed E-state index contributed by atoms with van der Waals surface area (Å²) in [5, 5.41) is 3.23. The van der Waals surface area contributed by atoms with Crippen LogP contribution in [0.25, 0.3) is 11.3 Å². The summed E-state index contributed by atoms with van der Waals surface area (Å²) in [4.78, 5) is 29.0. The van der Waals surface area contributed by atoms with E-state index in [2.05, 4.69) is 49.2 Å². The van der Waals surface area contributed by atoms with Gasteiger partial charge in [-0.1, -0.05) is 30.3 Å². The quantitative estimate of drug-likeness (QED) is 0.470. The van der Waals surface area contributed by atoms with Crippen molar-refractivity contribution in [1.82, 2.24) is 19.8 Å². The fraction of sp³-hybridized carbons (Fsp3) is 0.414. The highest BCUT2D eigenvalue weighted by molar-refractivity contribution is 5.97. The molecule has 9 nitrogen and oxygen atoms in total. The summed E-state index contributed by atoms with van der Waals surface area (Å²) < 4.78 is 5.78. The number of primary amides is 1. The van der Waals surface area contributed by atoms with Gasteiger partial charge in [0.1, 0.15) is 5.69 Å². The zero-order valence-corrected chi connectivity index (χ0v) is 22.3. The van der Waals surface area contributed by atoms with Crippen LogP contribution >= 0.6 is 0 Å². The molecule has 9 heteroatoms. The van der Waals surface area contributed by atoms with Gasteiger partial charge in [0.15, 0.2) is 11.5 Å². The van der Waals surface area contributed by atoms with Crippen LogP contribution < -0.4 is 20.7 Å². The van der Waals surface area contributed by atoms with E-state index in [-0.39, 0.29) is 11.5 Å². The van der Waals surface area contributed by atoms with E-state index in [0.29, 0.717) is 24.2 Å². The molecular formula is C29H37N7O2. The Hall–Kier alpha value is -3.69. The molecule has 200 valence electrons. The molecule has 2 aliphatic rings. The summed E-state index contributed by atoms with van der Waals surface area (Å²) >= 11 is 0. The molecule has 5 rings (SSSR count). The zero-order valence-electron chi connectivity index (χ0n) is 22.3.